The Morgan fingerprint density at radius 3 is 2.70 bits per heavy atom. The third-order valence-electron chi connectivity index (χ3n) is 3.74. The van der Waals surface area contributed by atoms with Crippen molar-refractivity contribution in [2.24, 2.45) is 0 Å². The van der Waals surface area contributed by atoms with Gasteiger partial charge in [-0.3, -0.25) is 9.29 Å². The molecule has 0 bridgehead atoms. The van der Waals surface area contributed by atoms with Crippen LogP contribution in [0.4, 0.5) is 5.69 Å². The molecule has 3 rings (SSSR count). The summed E-state index contributed by atoms with van der Waals surface area (Å²) in [6.07, 6.45) is 6.30. The molecule has 2 aromatic rings. The fraction of sp³-hybridized carbons (Fsp3) is 0.267. The van der Waals surface area contributed by atoms with Gasteiger partial charge in [-0.1, -0.05) is 6.07 Å². The van der Waals surface area contributed by atoms with Crippen LogP contribution in [0.3, 0.4) is 0 Å². The van der Waals surface area contributed by atoms with Gasteiger partial charge >= 0.3 is 0 Å². The lowest BCUT2D eigenvalue weighted by atomic mass is 10.1. The minimum Gasteiger partial charge on any atom is -0.268 e. The van der Waals surface area contributed by atoms with Gasteiger partial charge in [-0.15, -0.1) is 0 Å². The van der Waals surface area contributed by atoms with Crippen molar-refractivity contribution in [3.63, 3.8) is 0 Å². The summed E-state index contributed by atoms with van der Waals surface area (Å²) in [5.74, 6) is 0. The van der Waals surface area contributed by atoms with Crippen molar-refractivity contribution in [3.05, 3.63) is 53.9 Å². The highest BCUT2D eigenvalue weighted by Gasteiger charge is 2.23. The number of nitrogens with zero attached hydrogens (tertiary/aromatic N) is 2. The summed E-state index contributed by atoms with van der Waals surface area (Å²) in [5, 5.41) is 0. The molecule has 0 saturated carbocycles. The maximum Gasteiger partial charge on any atom is 0.264 e. The molecule has 0 aliphatic heterocycles. The van der Waals surface area contributed by atoms with Crippen molar-refractivity contribution in [2.75, 3.05) is 11.4 Å². The molecule has 1 aliphatic rings. The van der Waals surface area contributed by atoms with E-state index < -0.39 is 10.0 Å². The zero-order chi connectivity index (χ0) is 14.2. The van der Waals surface area contributed by atoms with Crippen LogP contribution in [0.1, 0.15) is 17.5 Å². The molecule has 0 unspecified atom stereocenters. The first kappa shape index (κ1) is 13.1. The van der Waals surface area contributed by atoms with Gasteiger partial charge in [0.2, 0.25) is 0 Å². The quantitative estimate of drug-likeness (QED) is 0.871. The molecular weight excluding hydrogens is 272 g/mol. The molecule has 1 aliphatic carbocycles. The Labute approximate surface area is 119 Å². The molecule has 0 fully saturated rings. The van der Waals surface area contributed by atoms with E-state index in [4.69, 9.17) is 0 Å². The number of sulfonamides is 1. The molecule has 104 valence electrons. The van der Waals surface area contributed by atoms with E-state index in [0.29, 0.717) is 10.6 Å². The highest BCUT2D eigenvalue weighted by molar-refractivity contribution is 7.92. The average molecular weight is 288 g/mol. The Morgan fingerprint density at radius 2 is 1.95 bits per heavy atom. The van der Waals surface area contributed by atoms with Crippen molar-refractivity contribution < 1.29 is 8.42 Å². The maximum atomic E-state index is 12.6. The third-order valence-corrected chi connectivity index (χ3v) is 5.52. The molecule has 0 N–H and O–H groups in total. The first-order valence-electron chi connectivity index (χ1n) is 6.60. The van der Waals surface area contributed by atoms with E-state index in [1.165, 1.54) is 9.87 Å². The van der Waals surface area contributed by atoms with E-state index in [1.807, 2.05) is 12.1 Å². The van der Waals surface area contributed by atoms with Crippen molar-refractivity contribution in [2.45, 2.75) is 24.2 Å². The Balaban J connectivity index is 2.00. The lowest BCUT2D eigenvalue weighted by Crippen LogP contribution is -2.26. The number of aryl methyl sites for hydroxylation is 2. The van der Waals surface area contributed by atoms with Crippen molar-refractivity contribution in [1.82, 2.24) is 4.98 Å². The number of hydrogen-bond acceptors (Lipinski definition) is 3. The molecule has 0 radical (unpaired) electrons. The Hall–Kier alpha value is -1.88. The number of aromatic nitrogens is 1. The lowest BCUT2D eigenvalue weighted by Gasteiger charge is -2.19. The van der Waals surface area contributed by atoms with Crippen LogP contribution in [0.25, 0.3) is 0 Å². The first-order chi connectivity index (χ1) is 9.59. The van der Waals surface area contributed by atoms with Gasteiger partial charge in [0.05, 0.1) is 16.8 Å². The molecule has 0 spiro atoms. The normalized spacial score (nSPS) is 14.1. The smallest absolute Gasteiger partial charge is 0.264 e. The summed E-state index contributed by atoms with van der Waals surface area (Å²) in [6, 6.07) is 8.91. The van der Waals surface area contributed by atoms with Crippen LogP contribution in [0.5, 0.6) is 0 Å². The highest BCUT2D eigenvalue weighted by Crippen LogP contribution is 2.27. The van der Waals surface area contributed by atoms with Gasteiger partial charge in [-0.05, 0) is 54.7 Å². The topological polar surface area (TPSA) is 50.3 Å². The SMILES string of the molecule is CN(c1cccnc1)S(=O)(=O)c1ccc2c(c1)CCC2. The second-order valence-electron chi connectivity index (χ2n) is 4.97. The summed E-state index contributed by atoms with van der Waals surface area (Å²) < 4.78 is 26.5. The molecule has 1 aromatic carbocycles. The lowest BCUT2D eigenvalue weighted by molar-refractivity contribution is 0.594. The molecule has 20 heavy (non-hydrogen) atoms. The van der Waals surface area contributed by atoms with Gasteiger partial charge in [0.25, 0.3) is 10.0 Å². The predicted molar refractivity (Wildman–Crippen MR) is 78.3 cm³/mol. The number of anilines is 1. The number of hydrogen-bond donors (Lipinski definition) is 0. The maximum absolute atomic E-state index is 12.6. The van der Waals surface area contributed by atoms with E-state index in [2.05, 4.69) is 4.98 Å². The predicted octanol–water partition coefficient (Wildman–Crippen LogP) is 2.40. The summed E-state index contributed by atoms with van der Waals surface area (Å²) in [5.41, 5.74) is 2.99. The van der Waals surface area contributed by atoms with Crippen LogP contribution in [0, 0.1) is 0 Å². The monoisotopic (exact) mass is 288 g/mol. The number of fused-ring (bicyclic) bond motifs is 1. The van der Waals surface area contributed by atoms with Gasteiger partial charge in [-0.25, -0.2) is 8.42 Å². The van der Waals surface area contributed by atoms with Gasteiger partial charge < -0.3 is 0 Å². The van der Waals surface area contributed by atoms with Crippen LogP contribution in [-0.2, 0) is 22.9 Å². The second-order valence-corrected chi connectivity index (χ2v) is 6.94. The summed E-state index contributed by atoms with van der Waals surface area (Å²) in [6.45, 7) is 0. The zero-order valence-corrected chi connectivity index (χ0v) is 12.1. The van der Waals surface area contributed by atoms with Gasteiger partial charge in [-0.2, -0.15) is 0 Å². The van der Waals surface area contributed by atoms with E-state index in [1.54, 1.807) is 37.6 Å². The average Bonchev–Trinajstić information content (AvgIpc) is 2.94. The molecule has 1 heterocycles. The van der Waals surface area contributed by atoms with Gasteiger partial charge in [0, 0.05) is 13.2 Å². The minimum absolute atomic E-state index is 0.351. The summed E-state index contributed by atoms with van der Waals surface area (Å²) >= 11 is 0. The van der Waals surface area contributed by atoms with Crippen molar-refractivity contribution in [1.29, 1.82) is 0 Å². The molecular formula is C15H16N2O2S. The van der Waals surface area contributed by atoms with Gasteiger partial charge in [0.1, 0.15) is 0 Å². The highest BCUT2D eigenvalue weighted by atomic mass is 32.2. The number of benzene rings is 1. The van der Waals surface area contributed by atoms with Gasteiger partial charge in [0.15, 0.2) is 0 Å². The Morgan fingerprint density at radius 1 is 1.15 bits per heavy atom. The molecule has 0 atom stereocenters. The van der Waals surface area contributed by atoms with E-state index in [-0.39, 0.29) is 0 Å². The third kappa shape index (κ3) is 2.18. The van der Waals surface area contributed by atoms with E-state index in [0.717, 1.165) is 24.8 Å². The van der Waals surface area contributed by atoms with Crippen LogP contribution in [-0.4, -0.2) is 20.4 Å². The van der Waals surface area contributed by atoms with Crippen LogP contribution in [0.2, 0.25) is 0 Å². The minimum atomic E-state index is -3.52. The van der Waals surface area contributed by atoms with Crippen molar-refractivity contribution in [3.8, 4) is 0 Å². The Bertz CT molecular complexity index is 727. The molecule has 5 heteroatoms. The Kier molecular flexibility index (Phi) is 3.22. The summed E-state index contributed by atoms with van der Waals surface area (Å²) in [7, 11) is -1.97. The van der Waals surface area contributed by atoms with Crippen LogP contribution in [0.15, 0.2) is 47.6 Å². The summed E-state index contributed by atoms with van der Waals surface area (Å²) in [4.78, 5) is 4.32. The fourth-order valence-electron chi connectivity index (χ4n) is 2.55. The largest absolute Gasteiger partial charge is 0.268 e. The molecule has 0 amide bonds. The van der Waals surface area contributed by atoms with Crippen molar-refractivity contribution >= 4 is 15.7 Å². The van der Waals surface area contributed by atoms with Crippen LogP contribution >= 0.6 is 0 Å². The van der Waals surface area contributed by atoms with Crippen LogP contribution < -0.4 is 4.31 Å². The van der Waals surface area contributed by atoms with E-state index in [9.17, 15) is 8.42 Å². The standard InChI is InChI=1S/C15H16N2O2S/c1-17(14-6-3-9-16-11-14)20(18,19)15-8-7-12-4-2-5-13(12)10-15/h3,6-11H,2,4-5H2,1H3. The van der Waals surface area contributed by atoms with E-state index >= 15 is 0 Å². The number of rotatable bonds is 3. The second kappa shape index (κ2) is 4.90. The fourth-order valence-corrected chi connectivity index (χ4v) is 3.78. The molecule has 4 nitrogen and oxygen atoms in total. The first-order valence-corrected chi connectivity index (χ1v) is 8.04. The zero-order valence-electron chi connectivity index (χ0n) is 11.3. The number of pyridine rings is 1. The molecule has 1 aromatic heterocycles. The molecule has 0 saturated heterocycles.